The molecule has 70 valence electrons. The van der Waals surface area contributed by atoms with E-state index in [9.17, 15) is 13.9 Å². The van der Waals surface area contributed by atoms with Crippen molar-refractivity contribution in [1.82, 2.24) is 0 Å². The van der Waals surface area contributed by atoms with Gasteiger partial charge in [0.15, 0.2) is 0 Å². The Morgan fingerprint density at radius 3 is 2.08 bits per heavy atom. The van der Waals surface area contributed by atoms with Gasteiger partial charge in [0.25, 0.3) is 0 Å². The van der Waals surface area contributed by atoms with Gasteiger partial charge >= 0.3 is 0 Å². The van der Waals surface area contributed by atoms with Gasteiger partial charge in [-0.15, -0.1) is 0 Å². The fraction of sp³-hybridized carbons (Fsp3) is 0.333. The molecule has 2 rings (SSSR count). The summed E-state index contributed by atoms with van der Waals surface area (Å²) in [6.07, 6.45) is 0. The van der Waals surface area contributed by atoms with Gasteiger partial charge in [-0.2, -0.15) is 11.8 Å². The highest BCUT2D eigenvalue weighted by molar-refractivity contribution is 8.00. The predicted molar refractivity (Wildman–Crippen MR) is 47.6 cm³/mol. The zero-order valence-corrected chi connectivity index (χ0v) is 7.57. The summed E-state index contributed by atoms with van der Waals surface area (Å²) in [5.74, 6) is -0.258. The SMILES string of the molecule is OC1(c2cc(F)cc(F)c2)CSC1. The van der Waals surface area contributed by atoms with Crippen LogP contribution in [0, 0.1) is 11.6 Å². The number of thioether (sulfide) groups is 1. The number of halogens is 2. The Morgan fingerprint density at radius 1 is 1.15 bits per heavy atom. The molecule has 0 radical (unpaired) electrons. The van der Waals surface area contributed by atoms with Crippen molar-refractivity contribution in [2.75, 3.05) is 11.5 Å². The molecule has 0 amide bonds. The molecule has 0 unspecified atom stereocenters. The van der Waals surface area contributed by atoms with Crippen LogP contribution in [0.25, 0.3) is 0 Å². The highest BCUT2D eigenvalue weighted by Gasteiger charge is 2.37. The van der Waals surface area contributed by atoms with Crippen molar-refractivity contribution >= 4 is 11.8 Å². The molecule has 1 heterocycles. The molecule has 1 aliphatic heterocycles. The first kappa shape index (κ1) is 8.97. The molecule has 13 heavy (non-hydrogen) atoms. The van der Waals surface area contributed by atoms with E-state index in [1.54, 1.807) is 11.8 Å². The molecule has 0 aromatic heterocycles. The Kier molecular flexibility index (Phi) is 2.04. The van der Waals surface area contributed by atoms with E-state index in [0.717, 1.165) is 6.07 Å². The van der Waals surface area contributed by atoms with E-state index in [4.69, 9.17) is 0 Å². The summed E-state index contributed by atoms with van der Waals surface area (Å²) in [6, 6.07) is 3.17. The molecule has 0 bridgehead atoms. The minimum atomic E-state index is -1.02. The zero-order chi connectivity index (χ0) is 9.47. The van der Waals surface area contributed by atoms with Gasteiger partial charge in [0.2, 0.25) is 0 Å². The summed E-state index contributed by atoms with van der Waals surface area (Å²) in [6.45, 7) is 0. The number of hydrogen-bond donors (Lipinski definition) is 1. The second kappa shape index (κ2) is 2.96. The maximum atomic E-state index is 12.8. The van der Waals surface area contributed by atoms with Crippen molar-refractivity contribution < 1.29 is 13.9 Å². The van der Waals surface area contributed by atoms with Crippen LogP contribution < -0.4 is 0 Å². The van der Waals surface area contributed by atoms with Crippen molar-refractivity contribution in [2.24, 2.45) is 0 Å². The minimum absolute atomic E-state index is 0.337. The van der Waals surface area contributed by atoms with Crippen LogP contribution in [0.5, 0.6) is 0 Å². The molecule has 1 aromatic carbocycles. The van der Waals surface area contributed by atoms with Gasteiger partial charge in [-0.3, -0.25) is 0 Å². The van der Waals surface area contributed by atoms with Gasteiger partial charge in [0, 0.05) is 17.6 Å². The molecular formula is C9H8F2OS. The minimum Gasteiger partial charge on any atom is -0.383 e. The Balaban J connectivity index is 2.39. The average Bonchev–Trinajstić information content (AvgIpc) is 1.98. The third-order valence-corrected chi connectivity index (χ3v) is 3.44. The standard InChI is InChI=1S/C9H8F2OS/c10-7-1-6(2-8(11)3-7)9(12)4-13-5-9/h1-3,12H,4-5H2. The van der Waals surface area contributed by atoms with Gasteiger partial charge in [-0.25, -0.2) is 8.78 Å². The van der Waals surface area contributed by atoms with E-state index < -0.39 is 17.2 Å². The summed E-state index contributed by atoms with van der Waals surface area (Å²) in [5, 5.41) is 9.78. The summed E-state index contributed by atoms with van der Waals surface area (Å²) in [5.41, 5.74) is -0.683. The quantitative estimate of drug-likeness (QED) is 0.750. The van der Waals surface area contributed by atoms with Crippen LogP contribution in [0.1, 0.15) is 5.56 Å². The Morgan fingerprint density at radius 2 is 1.69 bits per heavy atom. The Bertz CT molecular complexity index is 316. The first-order valence-electron chi connectivity index (χ1n) is 3.87. The van der Waals surface area contributed by atoms with Gasteiger partial charge in [0.1, 0.15) is 17.2 Å². The highest BCUT2D eigenvalue weighted by atomic mass is 32.2. The Hall–Kier alpha value is -0.610. The van der Waals surface area contributed by atoms with Crippen molar-refractivity contribution in [2.45, 2.75) is 5.60 Å². The molecule has 1 N–H and O–H groups in total. The van der Waals surface area contributed by atoms with E-state index in [1.165, 1.54) is 12.1 Å². The van der Waals surface area contributed by atoms with Crippen LogP contribution in [0.3, 0.4) is 0 Å². The predicted octanol–water partition coefficient (Wildman–Crippen LogP) is 1.90. The van der Waals surface area contributed by atoms with Crippen LogP contribution >= 0.6 is 11.8 Å². The van der Waals surface area contributed by atoms with E-state index in [0.29, 0.717) is 17.1 Å². The fourth-order valence-electron chi connectivity index (χ4n) is 1.28. The van der Waals surface area contributed by atoms with E-state index in [1.807, 2.05) is 0 Å². The summed E-state index contributed by atoms with van der Waals surface area (Å²) in [4.78, 5) is 0. The molecule has 1 aliphatic rings. The summed E-state index contributed by atoms with van der Waals surface area (Å²) in [7, 11) is 0. The molecule has 0 saturated carbocycles. The van der Waals surface area contributed by atoms with Crippen LogP contribution in [0.15, 0.2) is 18.2 Å². The maximum Gasteiger partial charge on any atom is 0.126 e. The molecule has 0 atom stereocenters. The Labute approximate surface area is 78.8 Å². The third kappa shape index (κ3) is 1.56. The van der Waals surface area contributed by atoms with Crippen molar-refractivity contribution in [1.29, 1.82) is 0 Å². The highest BCUT2D eigenvalue weighted by Crippen LogP contribution is 2.38. The largest absolute Gasteiger partial charge is 0.383 e. The van der Waals surface area contributed by atoms with Crippen molar-refractivity contribution in [3.8, 4) is 0 Å². The van der Waals surface area contributed by atoms with E-state index >= 15 is 0 Å². The zero-order valence-electron chi connectivity index (χ0n) is 6.76. The monoisotopic (exact) mass is 202 g/mol. The second-order valence-corrected chi connectivity index (χ2v) is 4.17. The number of hydrogen-bond acceptors (Lipinski definition) is 2. The lowest BCUT2D eigenvalue weighted by atomic mass is 9.97. The maximum absolute atomic E-state index is 12.8. The van der Waals surface area contributed by atoms with Crippen LogP contribution in [0.2, 0.25) is 0 Å². The number of rotatable bonds is 1. The fourth-order valence-corrected chi connectivity index (χ4v) is 2.21. The van der Waals surface area contributed by atoms with Gasteiger partial charge in [-0.1, -0.05) is 0 Å². The molecule has 1 nitrogen and oxygen atoms in total. The van der Waals surface area contributed by atoms with E-state index in [-0.39, 0.29) is 0 Å². The first-order valence-corrected chi connectivity index (χ1v) is 5.02. The van der Waals surface area contributed by atoms with Crippen LogP contribution in [-0.2, 0) is 5.60 Å². The second-order valence-electron chi connectivity index (χ2n) is 3.18. The van der Waals surface area contributed by atoms with E-state index in [2.05, 4.69) is 0 Å². The normalized spacial score (nSPS) is 19.6. The van der Waals surface area contributed by atoms with Crippen LogP contribution in [0.4, 0.5) is 8.78 Å². The van der Waals surface area contributed by atoms with Crippen molar-refractivity contribution in [3.05, 3.63) is 35.4 Å². The lowest BCUT2D eigenvalue weighted by molar-refractivity contribution is 0.0761. The van der Waals surface area contributed by atoms with Crippen LogP contribution in [-0.4, -0.2) is 16.6 Å². The molecule has 0 aliphatic carbocycles. The summed E-state index contributed by atoms with van der Waals surface area (Å²) >= 11 is 1.56. The molecule has 1 aromatic rings. The number of aliphatic hydroxyl groups is 1. The first-order chi connectivity index (χ1) is 6.10. The molecule has 1 fully saturated rings. The number of benzene rings is 1. The van der Waals surface area contributed by atoms with Gasteiger partial charge in [0.05, 0.1) is 0 Å². The third-order valence-electron chi connectivity index (χ3n) is 2.08. The smallest absolute Gasteiger partial charge is 0.126 e. The lowest BCUT2D eigenvalue weighted by Crippen LogP contribution is -2.40. The average molecular weight is 202 g/mol. The molecular weight excluding hydrogens is 194 g/mol. The molecule has 1 saturated heterocycles. The van der Waals surface area contributed by atoms with Gasteiger partial charge in [-0.05, 0) is 17.7 Å². The van der Waals surface area contributed by atoms with Crippen molar-refractivity contribution in [3.63, 3.8) is 0 Å². The molecule has 4 heteroatoms. The molecule has 0 spiro atoms. The summed E-state index contributed by atoms with van der Waals surface area (Å²) < 4.78 is 25.5. The van der Waals surface area contributed by atoms with Gasteiger partial charge < -0.3 is 5.11 Å². The lowest BCUT2D eigenvalue weighted by Gasteiger charge is -2.36. The topological polar surface area (TPSA) is 20.2 Å².